The van der Waals surface area contributed by atoms with Gasteiger partial charge in [0.05, 0.1) is 34.1 Å². The number of para-hydroxylation sites is 1. The van der Waals surface area contributed by atoms with E-state index in [0.29, 0.717) is 17.2 Å². The summed E-state index contributed by atoms with van der Waals surface area (Å²) in [5.74, 6) is 0.821. The molecule has 1 saturated carbocycles. The number of rotatable bonds is 5. The van der Waals surface area contributed by atoms with Gasteiger partial charge in [0, 0.05) is 28.1 Å². The normalized spacial score (nSPS) is 14.3. The topological polar surface area (TPSA) is 112 Å². The van der Waals surface area contributed by atoms with Crippen LogP contribution in [-0.4, -0.2) is 36.0 Å². The number of carbonyl (C=O) groups excluding carboxylic acids is 1. The first kappa shape index (κ1) is 22.8. The van der Waals surface area contributed by atoms with Crippen LogP contribution in [-0.2, 0) is 4.79 Å². The maximum Gasteiger partial charge on any atom is 0.227 e. The molecular formula is C29H25N7OS. The van der Waals surface area contributed by atoms with Crippen LogP contribution >= 0.6 is 11.3 Å². The number of imidazole rings is 1. The van der Waals surface area contributed by atoms with Crippen LogP contribution in [0, 0.1) is 5.92 Å². The number of aromatic nitrogens is 6. The van der Waals surface area contributed by atoms with Gasteiger partial charge in [0.15, 0.2) is 11.5 Å². The third-order valence-electron chi connectivity index (χ3n) is 7.21. The standard InChI is InChI=1S/C29H25N7OS/c37-29(17-6-2-1-3-7-17)31-19-14-18(15-30-16-19)21-11-12-23-26(32-21)27(36-35-23)28-33-22-9-4-8-20(25(22)34-28)24-10-5-13-38-24/h4-5,8-17H,1-3,6-7H2,(H,31,37)(H,33,34)(H,35,36). The average Bonchev–Trinajstić information content (AvgIpc) is 3.73. The highest BCUT2D eigenvalue weighted by atomic mass is 32.1. The van der Waals surface area contributed by atoms with E-state index in [0.717, 1.165) is 64.6 Å². The van der Waals surface area contributed by atoms with Gasteiger partial charge in [-0.2, -0.15) is 5.10 Å². The number of hydrogen-bond donors (Lipinski definition) is 3. The van der Waals surface area contributed by atoms with E-state index in [-0.39, 0.29) is 11.8 Å². The second-order valence-electron chi connectivity index (χ2n) is 9.72. The SMILES string of the molecule is O=C(Nc1cncc(-c2ccc3[nH]nc(-c4nc5c(-c6cccs6)cccc5[nH]4)c3n2)c1)C1CCCCC1. The predicted octanol–water partition coefficient (Wildman–Crippen LogP) is 6.81. The quantitative estimate of drug-likeness (QED) is 0.232. The van der Waals surface area contributed by atoms with Crippen molar-refractivity contribution >= 4 is 45.0 Å². The van der Waals surface area contributed by atoms with Crippen LogP contribution in [0.2, 0.25) is 0 Å². The molecule has 0 radical (unpaired) electrons. The van der Waals surface area contributed by atoms with Gasteiger partial charge in [-0.25, -0.2) is 9.97 Å². The third kappa shape index (κ3) is 4.14. The highest BCUT2D eigenvalue weighted by Gasteiger charge is 2.21. The van der Waals surface area contributed by atoms with Gasteiger partial charge in [-0.1, -0.05) is 37.5 Å². The summed E-state index contributed by atoms with van der Waals surface area (Å²) in [5.41, 5.74) is 7.39. The number of thiophene rings is 1. The Morgan fingerprint density at radius 3 is 2.74 bits per heavy atom. The smallest absolute Gasteiger partial charge is 0.227 e. The first-order valence-corrected chi connectivity index (χ1v) is 13.8. The lowest BCUT2D eigenvalue weighted by molar-refractivity contribution is -0.120. The molecule has 0 bridgehead atoms. The highest BCUT2D eigenvalue weighted by molar-refractivity contribution is 7.13. The lowest BCUT2D eigenvalue weighted by Crippen LogP contribution is -2.24. The Morgan fingerprint density at radius 2 is 1.87 bits per heavy atom. The van der Waals surface area contributed by atoms with Crippen LogP contribution in [0.4, 0.5) is 5.69 Å². The molecule has 188 valence electrons. The minimum Gasteiger partial charge on any atom is -0.336 e. The Kier molecular flexibility index (Phi) is 5.70. The van der Waals surface area contributed by atoms with Crippen LogP contribution in [0.1, 0.15) is 32.1 Å². The molecule has 1 amide bonds. The monoisotopic (exact) mass is 519 g/mol. The van der Waals surface area contributed by atoms with Crippen molar-refractivity contribution in [3.63, 3.8) is 0 Å². The van der Waals surface area contributed by atoms with Crippen molar-refractivity contribution in [2.75, 3.05) is 5.32 Å². The first-order valence-electron chi connectivity index (χ1n) is 12.9. The molecule has 5 heterocycles. The van der Waals surface area contributed by atoms with E-state index >= 15 is 0 Å². The van der Waals surface area contributed by atoms with Crippen LogP contribution in [0.15, 0.2) is 66.3 Å². The number of nitrogens with one attached hydrogen (secondary N) is 3. The molecule has 8 nitrogen and oxygen atoms in total. The highest BCUT2D eigenvalue weighted by Crippen LogP contribution is 2.34. The van der Waals surface area contributed by atoms with Gasteiger partial charge in [-0.3, -0.25) is 14.9 Å². The molecule has 0 aliphatic heterocycles. The third-order valence-corrected chi connectivity index (χ3v) is 8.11. The van der Waals surface area contributed by atoms with Crippen LogP contribution in [0.3, 0.4) is 0 Å². The van der Waals surface area contributed by atoms with Gasteiger partial charge in [-0.05, 0) is 48.6 Å². The van der Waals surface area contributed by atoms with Crippen LogP contribution in [0.25, 0.3) is 55.3 Å². The van der Waals surface area contributed by atoms with E-state index in [1.807, 2.05) is 36.4 Å². The Morgan fingerprint density at radius 1 is 0.947 bits per heavy atom. The molecule has 9 heteroatoms. The fraction of sp³-hybridized carbons (Fsp3) is 0.207. The summed E-state index contributed by atoms with van der Waals surface area (Å²) in [5, 5.41) is 12.8. The summed E-state index contributed by atoms with van der Waals surface area (Å²) < 4.78 is 0. The van der Waals surface area contributed by atoms with E-state index in [9.17, 15) is 4.79 Å². The van der Waals surface area contributed by atoms with Gasteiger partial charge in [-0.15, -0.1) is 11.3 Å². The van der Waals surface area contributed by atoms with Crippen molar-refractivity contribution in [2.45, 2.75) is 32.1 Å². The van der Waals surface area contributed by atoms with Crippen molar-refractivity contribution in [2.24, 2.45) is 5.92 Å². The molecular weight excluding hydrogens is 494 g/mol. The number of fused-ring (bicyclic) bond motifs is 2. The fourth-order valence-electron chi connectivity index (χ4n) is 5.26. The largest absolute Gasteiger partial charge is 0.336 e. The molecule has 1 fully saturated rings. The fourth-order valence-corrected chi connectivity index (χ4v) is 6.01. The molecule has 1 aromatic carbocycles. The van der Waals surface area contributed by atoms with E-state index in [1.54, 1.807) is 23.7 Å². The number of H-pyrrole nitrogens is 2. The maximum absolute atomic E-state index is 12.8. The number of nitrogens with zero attached hydrogens (tertiary/aromatic N) is 4. The van der Waals surface area contributed by atoms with E-state index in [4.69, 9.17) is 9.97 Å². The van der Waals surface area contributed by atoms with Crippen LogP contribution in [0.5, 0.6) is 0 Å². The first-order chi connectivity index (χ1) is 18.7. The second-order valence-corrected chi connectivity index (χ2v) is 10.7. The predicted molar refractivity (Wildman–Crippen MR) is 151 cm³/mol. The van der Waals surface area contributed by atoms with E-state index < -0.39 is 0 Å². The molecule has 0 unspecified atom stereocenters. The van der Waals surface area contributed by atoms with Gasteiger partial charge in [0.2, 0.25) is 5.91 Å². The molecule has 5 aromatic heterocycles. The number of benzene rings is 1. The van der Waals surface area contributed by atoms with Crippen molar-refractivity contribution in [1.29, 1.82) is 0 Å². The Bertz CT molecular complexity index is 1760. The maximum atomic E-state index is 12.8. The minimum atomic E-state index is 0.0796. The number of carbonyl (C=O) groups is 1. The summed E-state index contributed by atoms with van der Waals surface area (Å²) in [7, 11) is 0. The summed E-state index contributed by atoms with van der Waals surface area (Å²) in [6.07, 6.45) is 8.81. The number of aromatic amines is 2. The average molecular weight is 520 g/mol. The number of hydrogen-bond acceptors (Lipinski definition) is 6. The molecule has 0 saturated heterocycles. The van der Waals surface area contributed by atoms with Crippen molar-refractivity contribution in [1.82, 2.24) is 30.1 Å². The summed E-state index contributed by atoms with van der Waals surface area (Å²) in [6.45, 7) is 0. The van der Waals surface area contributed by atoms with Gasteiger partial charge < -0.3 is 10.3 Å². The number of amides is 1. The Hall–Kier alpha value is -4.37. The molecule has 0 atom stereocenters. The zero-order chi connectivity index (χ0) is 25.5. The molecule has 1 aliphatic carbocycles. The zero-order valence-corrected chi connectivity index (χ0v) is 21.4. The lowest BCUT2D eigenvalue weighted by atomic mass is 9.88. The summed E-state index contributed by atoms with van der Waals surface area (Å²) in [4.78, 5) is 31.6. The summed E-state index contributed by atoms with van der Waals surface area (Å²) >= 11 is 1.69. The number of anilines is 1. The molecule has 3 N–H and O–H groups in total. The van der Waals surface area contributed by atoms with Gasteiger partial charge in [0.25, 0.3) is 0 Å². The Labute approximate surface area is 222 Å². The van der Waals surface area contributed by atoms with Gasteiger partial charge >= 0.3 is 0 Å². The molecule has 38 heavy (non-hydrogen) atoms. The van der Waals surface area contributed by atoms with Crippen molar-refractivity contribution in [3.05, 3.63) is 66.3 Å². The minimum absolute atomic E-state index is 0.0796. The molecule has 6 aromatic rings. The zero-order valence-electron chi connectivity index (χ0n) is 20.6. The molecule has 7 rings (SSSR count). The van der Waals surface area contributed by atoms with Gasteiger partial charge in [0.1, 0.15) is 5.52 Å². The van der Waals surface area contributed by atoms with Crippen molar-refractivity contribution < 1.29 is 4.79 Å². The van der Waals surface area contributed by atoms with Crippen LogP contribution < -0.4 is 5.32 Å². The van der Waals surface area contributed by atoms with E-state index in [2.05, 4.69) is 43.0 Å². The summed E-state index contributed by atoms with van der Waals surface area (Å²) in [6, 6.07) is 16.1. The molecule has 1 aliphatic rings. The lowest BCUT2D eigenvalue weighted by Gasteiger charge is -2.20. The van der Waals surface area contributed by atoms with Crippen molar-refractivity contribution in [3.8, 4) is 33.2 Å². The Balaban J connectivity index is 1.23. The van der Waals surface area contributed by atoms with E-state index in [1.165, 1.54) is 11.3 Å². The molecule has 0 spiro atoms. The number of pyridine rings is 2. The second kappa shape index (κ2) is 9.50.